The van der Waals surface area contributed by atoms with Gasteiger partial charge in [-0.15, -0.1) is 6.42 Å². The number of benzene rings is 3. The van der Waals surface area contributed by atoms with Crippen LogP contribution in [0, 0.1) is 15.9 Å². The highest BCUT2D eigenvalue weighted by Crippen LogP contribution is 2.36. The maximum absolute atomic E-state index is 14.1. The van der Waals surface area contributed by atoms with E-state index in [0.29, 0.717) is 37.1 Å². The number of rotatable bonds is 8. The molecule has 0 radical (unpaired) electrons. The quantitative estimate of drug-likeness (QED) is 0.143. The van der Waals surface area contributed by atoms with Crippen LogP contribution in [0.2, 0.25) is 5.02 Å². The molecule has 10 heteroatoms. The molecule has 1 atom stereocenters. The zero-order valence-corrected chi connectivity index (χ0v) is 26.3. The summed E-state index contributed by atoms with van der Waals surface area (Å²) < 4.78 is 19.5. The van der Waals surface area contributed by atoms with Crippen molar-refractivity contribution in [3.63, 3.8) is 0 Å². The number of ether oxygens (including phenoxy) is 3. The van der Waals surface area contributed by atoms with Crippen LogP contribution in [0.1, 0.15) is 29.7 Å². The van der Waals surface area contributed by atoms with Crippen molar-refractivity contribution in [3.8, 4) is 23.8 Å². The highest BCUT2D eigenvalue weighted by atomic mass is 127. The average molecular weight is 711 g/mol. The van der Waals surface area contributed by atoms with Crippen molar-refractivity contribution < 1.29 is 19.0 Å². The molecule has 0 N–H and O–H groups in total. The first-order chi connectivity index (χ1) is 20.4. The van der Waals surface area contributed by atoms with Crippen molar-refractivity contribution in [1.82, 2.24) is 4.57 Å². The molecule has 7 nitrogen and oxygen atoms in total. The number of methoxy groups -OCH3 is 1. The topological polar surface area (TPSA) is 79.1 Å². The second-order valence-electron chi connectivity index (χ2n) is 9.01. The number of nitrogens with zero attached hydrogens (tertiary/aromatic N) is 2. The number of fused-ring (bicyclic) bond motifs is 1. The first-order valence-electron chi connectivity index (χ1n) is 12.8. The number of thiazole rings is 1. The molecular weight excluding hydrogens is 687 g/mol. The Bertz CT molecular complexity index is 1910. The molecule has 0 saturated carbocycles. The van der Waals surface area contributed by atoms with E-state index < -0.39 is 12.0 Å². The highest BCUT2D eigenvalue weighted by Gasteiger charge is 2.35. The molecule has 0 spiro atoms. The lowest BCUT2D eigenvalue weighted by atomic mass is 9.93. The minimum Gasteiger partial charge on any atom is -0.493 e. The number of halogens is 2. The normalized spacial score (nSPS) is 14.5. The monoisotopic (exact) mass is 710 g/mol. The maximum atomic E-state index is 14.1. The number of esters is 1. The van der Waals surface area contributed by atoms with E-state index in [1.165, 1.54) is 11.3 Å². The number of aromatic nitrogens is 1. The zero-order chi connectivity index (χ0) is 29.8. The predicted octanol–water partition coefficient (Wildman–Crippen LogP) is 5.21. The summed E-state index contributed by atoms with van der Waals surface area (Å²) in [5.41, 5.74) is 2.59. The summed E-state index contributed by atoms with van der Waals surface area (Å²) in [6.45, 7) is 2.01. The van der Waals surface area contributed by atoms with Gasteiger partial charge in [0.25, 0.3) is 5.56 Å². The van der Waals surface area contributed by atoms with Gasteiger partial charge >= 0.3 is 5.97 Å². The van der Waals surface area contributed by atoms with Gasteiger partial charge in [-0.1, -0.05) is 71.3 Å². The standard InChI is InChI=1S/C32H24ClIN2O5S/c1-4-15-41-29-23(34)16-19(17-24(29)39-3)18-25-30(37)36-28(21-11-13-22(33)14-12-21)26(31(38)40-5-2)27(35-32(36)42-25)20-9-7-6-8-10-20/h1,6-14,16-18,28H,5,15H2,2-3H3/b25-18-/t28-/m0/s1. The van der Waals surface area contributed by atoms with Crippen LogP contribution < -0.4 is 24.4 Å². The van der Waals surface area contributed by atoms with E-state index in [1.807, 2.05) is 36.4 Å². The van der Waals surface area contributed by atoms with E-state index in [9.17, 15) is 9.59 Å². The summed E-state index contributed by atoms with van der Waals surface area (Å²) in [5.74, 6) is 2.93. The SMILES string of the molecule is C#CCOc1c(I)cc(/C=c2\sc3n(c2=O)[C@@H](c2ccc(Cl)cc2)C(C(=O)OCC)=C(c2ccccc2)N=3)cc1OC. The molecule has 42 heavy (non-hydrogen) atoms. The van der Waals surface area contributed by atoms with Gasteiger partial charge in [0, 0.05) is 10.6 Å². The Morgan fingerprint density at radius 2 is 1.93 bits per heavy atom. The lowest BCUT2D eigenvalue weighted by Crippen LogP contribution is -2.40. The molecule has 5 rings (SSSR count). The molecule has 4 aromatic rings. The summed E-state index contributed by atoms with van der Waals surface area (Å²) in [5, 5.41) is 0.536. The average Bonchev–Trinajstić information content (AvgIpc) is 3.30. The van der Waals surface area contributed by atoms with E-state index in [4.69, 9.17) is 37.2 Å². The highest BCUT2D eigenvalue weighted by molar-refractivity contribution is 14.1. The third-order valence-electron chi connectivity index (χ3n) is 6.41. The van der Waals surface area contributed by atoms with Crippen LogP contribution in [0.5, 0.6) is 11.5 Å². The van der Waals surface area contributed by atoms with Crippen LogP contribution in [0.4, 0.5) is 0 Å². The second kappa shape index (κ2) is 13.0. The molecule has 1 aliphatic rings. The Labute approximate surface area is 264 Å². The Morgan fingerprint density at radius 3 is 2.60 bits per heavy atom. The molecule has 3 aromatic carbocycles. The molecular formula is C32H24ClIN2O5S. The summed E-state index contributed by atoms with van der Waals surface area (Å²) in [6.07, 6.45) is 7.13. The summed E-state index contributed by atoms with van der Waals surface area (Å²) in [7, 11) is 1.54. The molecule has 0 saturated heterocycles. The first-order valence-corrected chi connectivity index (χ1v) is 15.1. The number of carbonyl (C=O) groups is 1. The largest absolute Gasteiger partial charge is 0.493 e. The number of carbonyl (C=O) groups excluding carboxylic acids is 1. The Morgan fingerprint density at radius 1 is 1.19 bits per heavy atom. The Hall–Kier alpha value is -3.85. The molecule has 2 heterocycles. The van der Waals surface area contributed by atoms with Crippen molar-refractivity contribution in [2.24, 2.45) is 4.99 Å². The van der Waals surface area contributed by atoms with Crippen LogP contribution in [-0.4, -0.2) is 30.9 Å². The van der Waals surface area contributed by atoms with Crippen molar-refractivity contribution in [1.29, 1.82) is 0 Å². The molecule has 0 amide bonds. The van der Waals surface area contributed by atoms with Crippen LogP contribution >= 0.6 is 45.5 Å². The summed E-state index contributed by atoms with van der Waals surface area (Å²) >= 11 is 9.58. The number of terminal acetylenes is 1. The predicted molar refractivity (Wildman–Crippen MR) is 173 cm³/mol. The molecule has 0 unspecified atom stereocenters. The molecule has 0 aliphatic carbocycles. The lowest BCUT2D eigenvalue weighted by molar-refractivity contribution is -0.138. The minimum atomic E-state index is -0.788. The Balaban J connectivity index is 1.77. The molecule has 0 fully saturated rings. The van der Waals surface area contributed by atoms with E-state index in [-0.39, 0.29) is 24.3 Å². The van der Waals surface area contributed by atoms with E-state index >= 15 is 0 Å². The van der Waals surface area contributed by atoms with Gasteiger partial charge in [0.05, 0.1) is 39.1 Å². The lowest BCUT2D eigenvalue weighted by Gasteiger charge is -2.25. The first kappa shape index (κ1) is 29.6. The fraction of sp³-hybridized carbons (Fsp3) is 0.156. The summed E-state index contributed by atoms with van der Waals surface area (Å²) in [6, 6.07) is 19.3. The number of hydrogen-bond donors (Lipinski definition) is 0. The van der Waals surface area contributed by atoms with Crippen molar-refractivity contribution >= 4 is 63.3 Å². The van der Waals surface area contributed by atoms with Gasteiger partial charge in [-0.25, -0.2) is 9.79 Å². The second-order valence-corrected chi connectivity index (χ2v) is 11.6. The van der Waals surface area contributed by atoms with Crippen LogP contribution in [0.3, 0.4) is 0 Å². The van der Waals surface area contributed by atoms with E-state index in [2.05, 4.69) is 28.5 Å². The van der Waals surface area contributed by atoms with Gasteiger partial charge in [0.1, 0.15) is 6.61 Å². The fourth-order valence-corrected chi connectivity index (χ4v) is 6.54. The van der Waals surface area contributed by atoms with Crippen LogP contribution in [0.15, 0.2) is 82.1 Å². The van der Waals surface area contributed by atoms with Gasteiger partial charge in [-0.2, -0.15) is 0 Å². The van der Waals surface area contributed by atoms with Gasteiger partial charge in [-0.3, -0.25) is 9.36 Å². The third-order valence-corrected chi connectivity index (χ3v) is 8.45. The maximum Gasteiger partial charge on any atom is 0.338 e. The summed E-state index contributed by atoms with van der Waals surface area (Å²) in [4.78, 5) is 32.9. The molecule has 212 valence electrons. The minimum absolute atomic E-state index is 0.0988. The molecule has 0 bridgehead atoms. The zero-order valence-electron chi connectivity index (χ0n) is 22.6. The van der Waals surface area contributed by atoms with Gasteiger partial charge in [-0.05, 0) is 71.0 Å². The van der Waals surface area contributed by atoms with Crippen LogP contribution in [-0.2, 0) is 9.53 Å². The van der Waals surface area contributed by atoms with Crippen molar-refractivity contribution in [3.05, 3.63) is 117 Å². The van der Waals surface area contributed by atoms with Crippen molar-refractivity contribution in [2.45, 2.75) is 13.0 Å². The van der Waals surface area contributed by atoms with E-state index in [0.717, 1.165) is 14.7 Å². The number of hydrogen-bond acceptors (Lipinski definition) is 7. The van der Waals surface area contributed by atoms with Gasteiger partial charge in [0.2, 0.25) is 0 Å². The fourth-order valence-electron chi connectivity index (χ4n) is 4.63. The smallest absolute Gasteiger partial charge is 0.338 e. The van der Waals surface area contributed by atoms with Gasteiger partial charge in [0.15, 0.2) is 16.3 Å². The van der Waals surface area contributed by atoms with Crippen molar-refractivity contribution in [2.75, 3.05) is 20.3 Å². The molecule has 1 aromatic heterocycles. The Kier molecular flexibility index (Phi) is 9.16. The van der Waals surface area contributed by atoms with E-state index in [1.54, 1.807) is 55.0 Å². The third kappa shape index (κ3) is 5.88. The molecule has 1 aliphatic heterocycles. The van der Waals surface area contributed by atoms with Gasteiger partial charge < -0.3 is 14.2 Å². The van der Waals surface area contributed by atoms with Crippen LogP contribution in [0.25, 0.3) is 11.8 Å².